The van der Waals surface area contributed by atoms with Crippen molar-refractivity contribution >= 4 is 17.2 Å². The number of azo groups is 1. The summed E-state index contributed by atoms with van der Waals surface area (Å²) in [5.74, 6) is 0.291. The molecule has 0 saturated heterocycles. The van der Waals surface area contributed by atoms with Gasteiger partial charge in [0.25, 0.3) is 0 Å². The summed E-state index contributed by atoms with van der Waals surface area (Å²) in [6, 6.07) is 11.2. The van der Waals surface area contributed by atoms with Crippen LogP contribution in [0, 0.1) is 12.1 Å². The van der Waals surface area contributed by atoms with E-state index in [4.69, 9.17) is 0 Å². The molecule has 0 aliphatic rings. The van der Waals surface area contributed by atoms with E-state index in [1.807, 2.05) is 38.2 Å². The maximum absolute atomic E-state index is 11.5. The highest BCUT2D eigenvalue weighted by atomic mass is 16.5. The molecule has 0 aliphatic carbocycles. The quantitative estimate of drug-likeness (QED) is 0.485. The van der Waals surface area contributed by atoms with Crippen molar-refractivity contribution in [3.05, 3.63) is 53.4 Å². The first-order valence-corrected chi connectivity index (χ1v) is 6.53. The third kappa shape index (κ3) is 3.32. The summed E-state index contributed by atoms with van der Waals surface area (Å²) >= 11 is 0. The van der Waals surface area contributed by atoms with Gasteiger partial charge in [-0.3, -0.25) is 0 Å². The Labute approximate surface area is 118 Å². The molecule has 2 rings (SSSR count). The van der Waals surface area contributed by atoms with Crippen LogP contribution in [0.25, 0.3) is 0 Å². The largest absolute Gasteiger partial charge is 0.710 e. The third-order valence-corrected chi connectivity index (χ3v) is 3.09. The van der Waals surface area contributed by atoms with Crippen LogP contribution in [-0.2, 0) is 0 Å². The second-order valence-electron chi connectivity index (χ2n) is 4.62. The molecule has 104 valence electrons. The molecule has 1 heterocycles. The van der Waals surface area contributed by atoms with Crippen LogP contribution in [0.15, 0.2) is 52.8 Å². The van der Waals surface area contributed by atoms with Crippen LogP contribution < -0.4 is 9.63 Å². The van der Waals surface area contributed by atoms with Crippen molar-refractivity contribution in [1.29, 1.82) is 0 Å². The Bertz CT molecular complexity index is 608. The summed E-state index contributed by atoms with van der Waals surface area (Å²) in [5.41, 5.74) is 2.83. The SMILES string of the molecule is CCN(C)c1ccc(N=Nc2cc(C)cc[n+]2[O-])cc1. The van der Waals surface area contributed by atoms with E-state index in [2.05, 4.69) is 22.1 Å². The van der Waals surface area contributed by atoms with E-state index in [1.54, 1.807) is 12.1 Å². The third-order valence-electron chi connectivity index (χ3n) is 3.09. The van der Waals surface area contributed by atoms with Crippen molar-refractivity contribution in [2.24, 2.45) is 10.2 Å². The van der Waals surface area contributed by atoms with E-state index >= 15 is 0 Å². The smallest absolute Gasteiger partial charge is 0.353 e. The number of anilines is 1. The van der Waals surface area contributed by atoms with Gasteiger partial charge in [0.1, 0.15) is 5.69 Å². The molecule has 0 amide bonds. The average molecular weight is 270 g/mol. The van der Waals surface area contributed by atoms with Crippen molar-refractivity contribution in [3.63, 3.8) is 0 Å². The molecule has 0 bridgehead atoms. The Morgan fingerprint density at radius 3 is 2.50 bits per heavy atom. The van der Waals surface area contributed by atoms with Gasteiger partial charge in [0, 0.05) is 25.3 Å². The number of hydrogen-bond acceptors (Lipinski definition) is 4. The lowest BCUT2D eigenvalue weighted by Gasteiger charge is -2.15. The molecule has 1 aromatic heterocycles. The minimum Gasteiger partial charge on any atom is -0.710 e. The van der Waals surface area contributed by atoms with Gasteiger partial charge < -0.3 is 10.1 Å². The lowest BCUT2D eigenvalue weighted by molar-refractivity contribution is -0.591. The summed E-state index contributed by atoms with van der Waals surface area (Å²) in [4.78, 5) is 2.13. The Balaban J connectivity index is 2.17. The first-order valence-electron chi connectivity index (χ1n) is 6.53. The summed E-state index contributed by atoms with van der Waals surface area (Å²) in [7, 11) is 2.03. The zero-order valence-electron chi connectivity index (χ0n) is 11.9. The van der Waals surface area contributed by atoms with Crippen molar-refractivity contribution < 1.29 is 4.73 Å². The van der Waals surface area contributed by atoms with Crippen LogP contribution in [0.1, 0.15) is 12.5 Å². The van der Waals surface area contributed by atoms with Crippen LogP contribution in [0.2, 0.25) is 0 Å². The second-order valence-corrected chi connectivity index (χ2v) is 4.62. The maximum atomic E-state index is 11.5. The van der Waals surface area contributed by atoms with E-state index in [9.17, 15) is 5.21 Å². The fourth-order valence-corrected chi connectivity index (χ4v) is 1.72. The van der Waals surface area contributed by atoms with E-state index < -0.39 is 0 Å². The first kappa shape index (κ1) is 14.0. The van der Waals surface area contributed by atoms with Crippen molar-refractivity contribution in [2.75, 3.05) is 18.5 Å². The first-order chi connectivity index (χ1) is 9.60. The molecule has 0 spiro atoms. The van der Waals surface area contributed by atoms with Gasteiger partial charge in [-0.05, 0) is 54.9 Å². The van der Waals surface area contributed by atoms with Crippen LogP contribution >= 0.6 is 0 Å². The molecule has 0 fully saturated rings. The summed E-state index contributed by atoms with van der Waals surface area (Å²) in [6.45, 7) is 4.95. The minimum absolute atomic E-state index is 0.291. The van der Waals surface area contributed by atoms with Crippen LogP contribution in [0.4, 0.5) is 17.2 Å². The molecule has 5 nitrogen and oxygen atoms in total. The average Bonchev–Trinajstić information content (AvgIpc) is 2.48. The van der Waals surface area contributed by atoms with Crippen LogP contribution in [0.5, 0.6) is 0 Å². The minimum atomic E-state index is 0.291. The van der Waals surface area contributed by atoms with Crippen molar-refractivity contribution in [3.8, 4) is 0 Å². The highest BCUT2D eigenvalue weighted by molar-refractivity contribution is 5.52. The van der Waals surface area contributed by atoms with Crippen LogP contribution in [0.3, 0.4) is 0 Å². The Hall–Kier alpha value is -2.43. The molecule has 2 aromatic rings. The number of aryl methyl sites for hydroxylation is 1. The molecule has 1 aromatic carbocycles. The number of benzene rings is 1. The number of aromatic nitrogens is 1. The van der Waals surface area contributed by atoms with Crippen molar-refractivity contribution in [1.82, 2.24) is 0 Å². The second kappa shape index (κ2) is 6.14. The highest BCUT2D eigenvalue weighted by Crippen LogP contribution is 2.20. The Kier molecular flexibility index (Phi) is 4.30. The fraction of sp³-hybridized carbons (Fsp3) is 0.267. The van der Waals surface area contributed by atoms with Gasteiger partial charge in [-0.15, -0.1) is 0 Å². The fourth-order valence-electron chi connectivity index (χ4n) is 1.72. The molecule has 0 radical (unpaired) electrons. The molecule has 20 heavy (non-hydrogen) atoms. The Morgan fingerprint density at radius 1 is 1.15 bits per heavy atom. The van der Waals surface area contributed by atoms with Crippen LogP contribution in [-0.4, -0.2) is 13.6 Å². The molecule has 0 unspecified atom stereocenters. The van der Waals surface area contributed by atoms with E-state index in [0.717, 1.165) is 23.5 Å². The molecular formula is C15H18N4O. The lowest BCUT2D eigenvalue weighted by atomic mass is 10.2. The number of hydrogen-bond donors (Lipinski definition) is 0. The predicted molar refractivity (Wildman–Crippen MR) is 79.7 cm³/mol. The van der Waals surface area contributed by atoms with Gasteiger partial charge >= 0.3 is 5.82 Å². The van der Waals surface area contributed by atoms with Gasteiger partial charge in [0.05, 0.1) is 11.3 Å². The number of rotatable bonds is 4. The monoisotopic (exact) mass is 270 g/mol. The molecule has 0 saturated carbocycles. The predicted octanol–water partition coefficient (Wildman–Crippen LogP) is 3.50. The van der Waals surface area contributed by atoms with Gasteiger partial charge in [-0.25, -0.2) is 4.73 Å². The molecule has 0 atom stereocenters. The van der Waals surface area contributed by atoms with Crippen molar-refractivity contribution in [2.45, 2.75) is 13.8 Å². The van der Waals surface area contributed by atoms with E-state index in [0.29, 0.717) is 10.5 Å². The van der Waals surface area contributed by atoms with Gasteiger partial charge in [-0.2, -0.15) is 0 Å². The molecular weight excluding hydrogens is 252 g/mol. The highest BCUT2D eigenvalue weighted by Gasteiger charge is 2.05. The zero-order chi connectivity index (χ0) is 14.5. The topological polar surface area (TPSA) is 54.9 Å². The standard InChI is InChI=1S/C15H18N4O/c1-4-18(3)14-7-5-13(6-8-14)16-17-15-11-12(2)9-10-19(15)20/h5-11H,4H2,1-3H3. The number of nitrogens with zero attached hydrogens (tertiary/aromatic N) is 4. The lowest BCUT2D eigenvalue weighted by Crippen LogP contribution is -2.25. The summed E-state index contributed by atoms with van der Waals surface area (Å²) < 4.78 is 0.704. The molecule has 5 heteroatoms. The van der Waals surface area contributed by atoms with E-state index in [1.165, 1.54) is 6.20 Å². The molecule has 0 aliphatic heterocycles. The van der Waals surface area contributed by atoms with Gasteiger partial charge in [0.2, 0.25) is 0 Å². The normalized spacial score (nSPS) is 10.9. The summed E-state index contributed by atoms with van der Waals surface area (Å²) in [5, 5.41) is 19.6. The maximum Gasteiger partial charge on any atom is 0.353 e. The Morgan fingerprint density at radius 2 is 1.85 bits per heavy atom. The van der Waals surface area contributed by atoms with Gasteiger partial charge in [0.15, 0.2) is 0 Å². The summed E-state index contributed by atoms with van der Waals surface area (Å²) in [6.07, 6.45) is 1.43. The number of pyridine rings is 1. The van der Waals surface area contributed by atoms with E-state index in [-0.39, 0.29) is 0 Å². The molecule has 0 N–H and O–H groups in total. The van der Waals surface area contributed by atoms with Gasteiger partial charge in [-0.1, -0.05) is 0 Å². The zero-order valence-corrected chi connectivity index (χ0v) is 11.9.